The second-order valence-corrected chi connectivity index (χ2v) is 3.88. The topological polar surface area (TPSA) is 67.9 Å². The summed E-state index contributed by atoms with van der Waals surface area (Å²) in [5.74, 6) is -0.0168. The van der Waals surface area contributed by atoms with E-state index in [-0.39, 0.29) is 11.9 Å². The number of pyridine rings is 1. The van der Waals surface area contributed by atoms with Crippen LogP contribution in [-0.2, 0) is 9.53 Å². The van der Waals surface area contributed by atoms with Gasteiger partial charge in [-0.15, -0.1) is 0 Å². The molecule has 2 rings (SSSR count). The number of carbonyl (C=O) groups is 1. The van der Waals surface area contributed by atoms with E-state index in [1.54, 1.807) is 12.4 Å². The highest BCUT2D eigenvalue weighted by atomic mass is 16.5. The first-order valence-electron chi connectivity index (χ1n) is 5.80. The van der Waals surface area contributed by atoms with Gasteiger partial charge in [0, 0.05) is 6.20 Å². The molecule has 1 N–H and O–H groups in total. The first-order valence-corrected chi connectivity index (χ1v) is 5.80. The van der Waals surface area contributed by atoms with Crippen molar-refractivity contribution in [3.05, 3.63) is 36.4 Å². The van der Waals surface area contributed by atoms with Crippen LogP contribution in [0.1, 0.15) is 25.1 Å². The third-order valence-corrected chi connectivity index (χ3v) is 2.76. The second kappa shape index (κ2) is 5.44. The monoisotopic (exact) mass is 245 g/mol. The molecule has 5 heteroatoms. The normalized spacial score (nSPS) is 12.1. The Bertz CT molecular complexity index is 522. The predicted octanol–water partition coefficient (Wildman–Crippen LogP) is 2.14. The fourth-order valence-electron chi connectivity index (χ4n) is 1.78. The van der Waals surface area contributed by atoms with Crippen molar-refractivity contribution in [1.29, 1.82) is 0 Å². The Morgan fingerprint density at radius 1 is 1.44 bits per heavy atom. The molecule has 5 nitrogen and oxygen atoms in total. The average molecular weight is 245 g/mol. The van der Waals surface area contributed by atoms with E-state index in [1.165, 1.54) is 7.11 Å². The molecule has 0 bridgehead atoms. The zero-order chi connectivity index (χ0) is 13.0. The van der Waals surface area contributed by atoms with Crippen molar-refractivity contribution in [3.63, 3.8) is 0 Å². The van der Waals surface area contributed by atoms with Crippen LogP contribution in [0.5, 0.6) is 0 Å². The van der Waals surface area contributed by atoms with Gasteiger partial charge in [0.1, 0.15) is 11.7 Å². The van der Waals surface area contributed by atoms with Crippen LogP contribution in [0.2, 0.25) is 0 Å². The van der Waals surface area contributed by atoms with E-state index in [0.717, 1.165) is 11.4 Å². The summed E-state index contributed by atoms with van der Waals surface area (Å²) < 4.78 is 4.76. The summed E-state index contributed by atoms with van der Waals surface area (Å²) in [6, 6.07) is 5.64. The Morgan fingerprint density at radius 3 is 2.89 bits per heavy atom. The fourth-order valence-corrected chi connectivity index (χ4v) is 1.78. The van der Waals surface area contributed by atoms with Crippen LogP contribution in [0.4, 0.5) is 0 Å². The van der Waals surface area contributed by atoms with Gasteiger partial charge in [0.05, 0.1) is 24.7 Å². The van der Waals surface area contributed by atoms with E-state index in [4.69, 9.17) is 4.74 Å². The van der Waals surface area contributed by atoms with Gasteiger partial charge < -0.3 is 9.72 Å². The van der Waals surface area contributed by atoms with E-state index < -0.39 is 0 Å². The van der Waals surface area contributed by atoms with E-state index in [0.29, 0.717) is 12.2 Å². The molecular formula is C13H15N3O2. The minimum Gasteiger partial charge on any atom is -0.468 e. The Kier molecular flexibility index (Phi) is 3.72. The lowest BCUT2D eigenvalue weighted by atomic mass is 10.1. The number of nitrogens with one attached hydrogen (secondary N) is 1. The maximum atomic E-state index is 11.6. The molecule has 1 unspecified atom stereocenters. The fraction of sp³-hybridized carbons (Fsp3) is 0.308. The van der Waals surface area contributed by atoms with Gasteiger partial charge >= 0.3 is 5.97 Å². The summed E-state index contributed by atoms with van der Waals surface area (Å²) in [5.41, 5.74) is 1.60. The predicted molar refractivity (Wildman–Crippen MR) is 66.9 cm³/mol. The molecule has 0 saturated carbocycles. The summed E-state index contributed by atoms with van der Waals surface area (Å²) in [5, 5.41) is 0. The number of esters is 1. The maximum Gasteiger partial charge on any atom is 0.316 e. The number of rotatable bonds is 4. The van der Waals surface area contributed by atoms with Gasteiger partial charge in [-0.3, -0.25) is 9.78 Å². The van der Waals surface area contributed by atoms with Crippen LogP contribution >= 0.6 is 0 Å². The van der Waals surface area contributed by atoms with Gasteiger partial charge in [-0.05, 0) is 18.6 Å². The van der Waals surface area contributed by atoms with Crippen molar-refractivity contribution in [2.45, 2.75) is 19.3 Å². The van der Waals surface area contributed by atoms with Crippen LogP contribution in [0, 0.1) is 0 Å². The summed E-state index contributed by atoms with van der Waals surface area (Å²) in [4.78, 5) is 23.2. The average Bonchev–Trinajstić information content (AvgIpc) is 2.90. The SMILES string of the molecule is CCC(C(=O)OC)c1ncc(-c2ccccn2)[nH]1. The number of hydrogen-bond donors (Lipinski definition) is 1. The van der Waals surface area contributed by atoms with Crippen LogP contribution < -0.4 is 0 Å². The van der Waals surface area contributed by atoms with Gasteiger partial charge in [0.15, 0.2) is 0 Å². The standard InChI is InChI=1S/C13H15N3O2/c1-3-9(13(17)18-2)12-15-8-11(16-12)10-6-4-5-7-14-10/h4-9H,3H2,1-2H3,(H,15,16). The van der Waals surface area contributed by atoms with Crippen molar-refractivity contribution < 1.29 is 9.53 Å². The van der Waals surface area contributed by atoms with Crippen molar-refractivity contribution >= 4 is 5.97 Å². The van der Waals surface area contributed by atoms with Crippen molar-refractivity contribution in [2.75, 3.05) is 7.11 Å². The lowest BCUT2D eigenvalue weighted by molar-refractivity contribution is -0.142. The largest absolute Gasteiger partial charge is 0.468 e. The minimum atomic E-state index is -0.354. The molecule has 18 heavy (non-hydrogen) atoms. The quantitative estimate of drug-likeness (QED) is 0.838. The molecule has 2 aromatic rings. The molecule has 0 aliphatic rings. The van der Waals surface area contributed by atoms with Gasteiger partial charge in [0.25, 0.3) is 0 Å². The van der Waals surface area contributed by atoms with Gasteiger partial charge in [0.2, 0.25) is 0 Å². The number of hydrogen-bond acceptors (Lipinski definition) is 4. The third kappa shape index (κ3) is 2.40. The molecule has 0 radical (unpaired) electrons. The molecule has 0 aliphatic carbocycles. The van der Waals surface area contributed by atoms with Crippen LogP contribution in [-0.4, -0.2) is 28.0 Å². The number of H-pyrrole nitrogens is 1. The Labute approximate surface area is 105 Å². The summed E-state index contributed by atoms with van der Waals surface area (Å²) in [6.45, 7) is 1.92. The van der Waals surface area contributed by atoms with Crippen molar-refractivity contribution in [1.82, 2.24) is 15.0 Å². The highest BCUT2D eigenvalue weighted by Gasteiger charge is 2.22. The van der Waals surface area contributed by atoms with Crippen LogP contribution in [0.25, 0.3) is 11.4 Å². The lowest BCUT2D eigenvalue weighted by Crippen LogP contribution is -2.14. The highest BCUT2D eigenvalue weighted by molar-refractivity contribution is 5.77. The lowest BCUT2D eigenvalue weighted by Gasteiger charge is -2.08. The van der Waals surface area contributed by atoms with Gasteiger partial charge in [-0.25, -0.2) is 4.98 Å². The van der Waals surface area contributed by atoms with Gasteiger partial charge in [-0.2, -0.15) is 0 Å². The Hall–Kier alpha value is -2.17. The molecule has 2 aromatic heterocycles. The van der Waals surface area contributed by atoms with Crippen LogP contribution in [0.15, 0.2) is 30.6 Å². The summed E-state index contributed by atoms with van der Waals surface area (Å²) in [7, 11) is 1.38. The van der Waals surface area contributed by atoms with Crippen LogP contribution in [0.3, 0.4) is 0 Å². The Balaban J connectivity index is 2.27. The number of ether oxygens (including phenoxy) is 1. The minimum absolute atomic E-state index is 0.278. The first-order chi connectivity index (χ1) is 8.76. The molecule has 0 aliphatic heterocycles. The smallest absolute Gasteiger partial charge is 0.316 e. The van der Waals surface area contributed by atoms with Gasteiger partial charge in [-0.1, -0.05) is 13.0 Å². The Morgan fingerprint density at radius 2 is 2.28 bits per heavy atom. The number of aromatic amines is 1. The van der Waals surface area contributed by atoms with E-state index in [2.05, 4.69) is 15.0 Å². The van der Waals surface area contributed by atoms with E-state index in [9.17, 15) is 4.79 Å². The zero-order valence-corrected chi connectivity index (χ0v) is 10.4. The number of methoxy groups -OCH3 is 1. The second-order valence-electron chi connectivity index (χ2n) is 3.88. The highest BCUT2D eigenvalue weighted by Crippen LogP contribution is 2.21. The summed E-state index contributed by atoms with van der Waals surface area (Å²) in [6.07, 6.45) is 4.04. The molecule has 2 heterocycles. The molecule has 0 spiro atoms. The number of aromatic nitrogens is 3. The molecule has 0 fully saturated rings. The van der Waals surface area contributed by atoms with E-state index >= 15 is 0 Å². The molecule has 0 amide bonds. The zero-order valence-electron chi connectivity index (χ0n) is 10.4. The molecular weight excluding hydrogens is 230 g/mol. The maximum absolute atomic E-state index is 11.6. The molecule has 1 atom stereocenters. The first kappa shape index (κ1) is 12.3. The summed E-state index contributed by atoms with van der Waals surface area (Å²) >= 11 is 0. The number of nitrogens with zero attached hydrogens (tertiary/aromatic N) is 2. The molecule has 94 valence electrons. The van der Waals surface area contributed by atoms with E-state index in [1.807, 2.05) is 25.1 Å². The number of carbonyl (C=O) groups excluding carboxylic acids is 1. The molecule has 0 aromatic carbocycles. The van der Waals surface area contributed by atoms with Crippen molar-refractivity contribution in [3.8, 4) is 11.4 Å². The third-order valence-electron chi connectivity index (χ3n) is 2.76. The number of imidazole rings is 1. The molecule has 0 saturated heterocycles. The van der Waals surface area contributed by atoms with Crippen molar-refractivity contribution in [2.24, 2.45) is 0 Å².